The molecule has 4 N–H and O–H groups in total. The van der Waals surface area contributed by atoms with Crippen LogP contribution in [-0.4, -0.2) is 30.0 Å². The SMILES string of the molecule is O=C(Nc1ccc(Cl)cc1)NC(C(=O)Nc1ccc(NN2CCCC2)cc1)c1ccccc1Cl. The number of anilines is 3. The lowest BCUT2D eigenvalue weighted by atomic mass is 10.1. The van der Waals surface area contributed by atoms with E-state index in [1.54, 1.807) is 48.5 Å². The van der Waals surface area contributed by atoms with Crippen LogP contribution in [-0.2, 0) is 4.79 Å². The first-order valence-electron chi connectivity index (χ1n) is 11.0. The van der Waals surface area contributed by atoms with Gasteiger partial charge in [0.15, 0.2) is 0 Å². The molecular formula is C25H25Cl2N5O2. The molecule has 0 radical (unpaired) electrons. The van der Waals surface area contributed by atoms with Crippen molar-refractivity contribution in [3.63, 3.8) is 0 Å². The van der Waals surface area contributed by atoms with Crippen LogP contribution in [0, 0.1) is 0 Å². The van der Waals surface area contributed by atoms with Crippen LogP contribution in [0.5, 0.6) is 0 Å². The fourth-order valence-corrected chi connectivity index (χ4v) is 4.05. The normalized spacial score (nSPS) is 14.3. The molecule has 4 rings (SSSR count). The van der Waals surface area contributed by atoms with Gasteiger partial charge >= 0.3 is 6.03 Å². The predicted octanol–water partition coefficient (Wildman–Crippen LogP) is 5.92. The zero-order valence-corrected chi connectivity index (χ0v) is 19.9. The van der Waals surface area contributed by atoms with E-state index in [-0.39, 0.29) is 0 Å². The summed E-state index contributed by atoms with van der Waals surface area (Å²) in [5.41, 5.74) is 5.94. The summed E-state index contributed by atoms with van der Waals surface area (Å²) in [4.78, 5) is 25.9. The first kappa shape index (κ1) is 23.9. The Morgan fingerprint density at radius 3 is 2.03 bits per heavy atom. The van der Waals surface area contributed by atoms with Gasteiger partial charge in [-0.3, -0.25) is 4.79 Å². The topological polar surface area (TPSA) is 85.5 Å². The highest BCUT2D eigenvalue weighted by Crippen LogP contribution is 2.25. The van der Waals surface area contributed by atoms with Gasteiger partial charge in [-0.15, -0.1) is 0 Å². The maximum atomic E-state index is 13.2. The number of benzene rings is 3. The summed E-state index contributed by atoms with van der Waals surface area (Å²) in [6.07, 6.45) is 2.37. The van der Waals surface area contributed by atoms with Gasteiger partial charge < -0.3 is 21.4 Å². The van der Waals surface area contributed by atoms with Gasteiger partial charge in [0.1, 0.15) is 6.04 Å². The molecule has 1 unspecified atom stereocenters. The molecular weight excluding hydrogens is 473 g/mol. The molecule has 0 aromatic heterocycles. The predicted molar refractivity (Wildman–Crippen MR) is 137 cm³/mol. The molecule has 34 heavy (non-hydrogen) atoms. The number of carbonyl (C=O) groups is 2. The minimum atomic E-state index is -1.01. The van der Waals surface area contributed by atoms with E-state index < -0.39 is 18.0 Å². The van der Waals surface area contributed by atoms with Gasteiger partial charge in [0.2, 0.25) is 0 Å². The lowest BCUT2D eigenvalue weighted by molar-refractivity contribution is -0.118. The lowest BCUT2D eigenvalue weighted by Crippen LogP contribution is -2.39. The number of hydrazine groups is 1. The highest BCUT2D eigenvalue weighted by Gasteiger charge is 2.25. The first-order valence-corrected chi connectivity index (χ1v) is 11.7. The van der Waals surface area contributed by atoms with E-state index in [1.807, 2.05) is 24.3 Å². The summed E-state index contributed by atoms with van der Waals surface area (Å²) < 4.78 is 0. The van der Waals surface area contributed by atoms with Crippen molar-refractivity contribution >= 4 is 52.2 Å². The summed E-state index contributed by atoms with van der Waals surface area (Å²) in [5.74, 6) is -0.417. The lowest BCUT2D eigenvalue weighted by Gasteiger charge is -2.21. The third-order valence-electron chi connectivity index (χ3n) is 5.40. The Hall–Kier alpha value is -3.26. The third-order valence-corrected chi connectivity index (χ3v) is 6.00. The Kier molecular flexibility index (Phi) is 7.90. The molecule has 7 nitrogen and oxygen atoms in total. The van der Waals surface area contributed by atoms with Gasteiger partial charge in [0.25, 0.3) is 5.91 Å². The summed E-state index contributed by atoms with van der Waals surface area (Å²) in [5, 5.41) is 11.4. The first-order chi connectivity index (χ1) is 16.5. The van der Waals surface area contributed by atoms with Gasteiger partial charge in [-0.1, -0.05) is 41.4 Å². The number of nitrogens with one attached hydrogen (secondary N) is 4. The molecule has 3 amide bonds. The molecule has 0 spiro atoms. The molecule has 0 bridgehead atoms. The minimum absolute atomic E-state index is 0.375. The van der Waals surface area contributed by atoms with E-state index in [1.165, 1.54) is 12.8 Å². The Morgan fingerprint density at radius 2 is 1.35 bits per heavy atom. The van der Waals surface area contributed by atoms with E-state index in [9.17, 15) is 9.59 Å². The van der Waals surface area contributed by atoms with Crippen LogP contribution >= 0.6 is 23.2 Å². The summed E-state index contributed by atoms with van der Waals surface area (Å²) in [6, 6.07) is 19.5. The van der Waals surface area contributed by atoms with E-state index in [0.717, 1.165) is 18.8 Å². The van der Waals surface area contributed by atoms with E-state index in [2.05, 4.69) is 26.4 Å². The number of nitrogens with zero attached hydrogens (tertiary/aromatic N) is 1. The highest BCUT2D eigenvalue weighted by molar-refractivity contribution is 6.31. The monoisotopic (exact) mass is 497 g/mol. The van der Waals surface area contributed by atoms with E-state index >= 15 is 0 Å². The molecule has 1 aliphatic heterocycles. The number of carbonyl (C=O) groups excluding carboxylic acids is 2. The van der Waals surface area contributed by atoms with Crippen LogP contribution in [0.15, 0.2) is 72.8 Å². The summed E-state index contributed by atoms with van der Waals surface area (Å²) in [6.45, 7) is 2.03. The molecule has 1 fully saturated rings. The second-order valence-electron chi connectivity index (χ2n) is 7.93. The van der Waals surface area contributed by atoms with Crippen LogP contribution in [0.25, 0.3) is 0 Å². The quantitative estimate of drug-likeness (QED) is 0.326. The molecule has 1 aliphatic rings. The molecule has 3 aromatic carbocycles. The molecule has 1 heterocycles. The number of rotatable bonds is 7. The van der Waals surface area contributed by atoms with Crippen LogP contribution in [0.3, 0.4) is 0 Å². The van der Waals surface area contributed by atoms with E-state index in [0.29, 0.717) is 27.0 Å². The highest BCUT2D eigenvalue weighted by atomic mass is 35.5. The zero-order chi connectivity index (χ0) is 23.9. The fourth-order valence-electron chi connectivity index (χ4n) is 3.68. The van der Waals surface area contributed by atoms with E-state index in [4.69, 9.17) is 23.2 Å². The Balaban J connectivity index is 1.45. The molecule has 1 saturated heterocycles. The number of urea groups is 1. The second-order valence-corrected chi connectivity index (χ2v) is 8.78. The van der Waals surface area contributed by atoms with Crippen molar-refractivity contribution in [1.29, 1.82) is 0 Å². The van der Waals surface area contributed by atoms with Crippen molar-refractivity contribution in [2.45, 2.75) is 18.9 Å². The maximum Gasteiger partial charge on any atom is 0.320 e. The van der Waals surface area contributed by atoms with Crippen molar-refractivity contribution in [3.05, 3.63) is 88.4 Å². The van der Waals surface area contributed by atoms with Gasteiger partial charge in [0, 0.05) is 45.8 Å². The average Bonchev–Trinajstić information content (AvgIpc) is 3.34. The summed E-state index contributed by atoms with van der Waals surface area (Å²) in [7, 11) is 0. The Labute approximate surface area is 208 Å². The second kappa shape index (κ2) is 11.2. The van der Waals surface area contributed by atoms with Crippen molar-refractivity contribution in [2.75, 3.05) is 29.1 Å². The summed E-state index contributed by atoms with van der Waals surface area (Å²) >= 11 is 12.2. The Morgan fingerprint density at radius 1 is 0.765 bits per heavy atom. The molecule has 3 aromatic rings. The molecule has 176 valence electrons. The number of amides is 3. The molecule has 0 saturated carbocycles. The molecule has 9 heteroatoms. The Bertz CT molecular complexity index is 1130. The number of halogens is 2. The minimum Gasteiger partial charge on any atom is -0.324 e. The van der Waals surface area contributed by atoms with Crippen LogP contribution in [0.4, 0.5) is 21.9 Å². The van der Waals surface area contributed by atoms with Crippen molar-refractivity contribution in [3.8, 4) is 0 Å². The fraction of sp³-hybridized carbons (Fsp3) is 0.200. The maximum absolute atomic E-state index is 13.2. The smallest absolute Gasteiger partial charge is 0.320 e. The van der Waals surface area contributed by atoms with Crippen LogP contribution < -0.4 is 21.4 Å². The van der Waals surface area contributed by atoms with Crippen molar-refractivity contribution < 1.29 is 9.59 Å². The largest absolute Gasteiger partial charge is 0.324 e. The average molecular weight is 498 g/mol. The third kappa shape index (κ3) is 6.41. The van der Waals surface area contributed by atoms with Gasteiger partial charge in [-0.05, 0) is 67.4 Å². The standard InChI is InChI=1S/C25H25Cl2N5O2/c26-17-7-9-19(10-8-17)29-25(34)30-23(21-5-1-2-6-22(21)27)24(33)28-18-11-13-20(14-12-18)31-32-15-3-4-16-32/h1-2,5-14,23,31H,3-4,15-16H2,(H,28,33)(H2,29,30,34). The van der Waals surface area contributed by atoms with Crippen molar-refractivity contribution in [2.24, 2.45) is 0 Å². The number of hydrogen-bond donors (Lipinski definition) is 4. The van der Waals surface area contributed by atoms with Gasteiger partial charge in [0.05, 0.1) is 0 Å². The van der Waals surface area contributed by atoms with Gasteiger partial charge in [-0.2, -0.15) is 0 Å². The zero-order valence-electron chi connectivity index (χ0n) is 18.4. The number of hydrogen-bond acceptors (Lipinski definition) is 4. The van der Waals surface area contributed by atoms with Crippen LogP contribution in [0.2, 0.25) is 10.0 Å². The van der Waals surface area contributed by atoms with Crippen LogP contribution in [0.1, 0.15) is 24.4 Å². The molecule has 0 aliphatic carbocycles. The van der Waals surface area contributed by atoms with Gasteiger partial charge in [-0.25, -0.2) is 9.80 Å². The molecule has 1 atom stereocenters. The van der Waals surface area contributed by atoms with Crippen molar-refractivity contribution in [1.82, 2.24) is 10.3 Å².